The van der Waals surface area contributed by atoms with Crippen molar-refractivity contribution in [2.24, 2.45) is 0 Å². The van der Waals surface area contributed by atoms with Crippen LogP contribution < -0.4 is 10.0 Å². The second kappa shape index (κ2) is 10.6. The molecule has 1 heterocycles. The molecule has 0 unspecified atom stereocenters. The highest BCUT2D eigenvalue weighted by Crippen LogP contribution is 2.18. The van der Waals surface area contributed by atoms with E-state index in [4.69, 9.17) is 0 Å². The molecule has 2 N–H and O–H groups in total. The maximum Gasteiger partial charge on any atom is 0.270 e. The summed E-state index contributed by atoms with van der Waals surface area (Å²) in [6, 6.07) is 21.9. The number of amides is 1. The minimum Gasteiger partial charge on any atom is -0.322 e. The molecule has 0 atom stereocenters. The molecule has 0 spiro atoms. The normalized spacial score (nSPS) is 11.2. The zero-order valence-corrected chi connectivity index (χ0v) is 19.4. The van der Waals surface area contributed by atoms with Crippen molar-refractivity contribution in [1.82, 2.24) is 9.97 Å². The van der Waals surface area contributed by atoms with Gasteiger partial charge in [0, 0.05) is 29.6 Å². The number of hydrogen-bond acceptors (Lipinski definition) is 7. The summed E-state index contributed by atoms with van der Waals surface area (Å²) < 4.78 is 27.9. The van der Waals surface area contributed by atoms with Gasteiger partial charge in [-0.15, -0.1) is 0 Å². The Kier molecular flexibility index (Phi) is 7.12. The van der Waals surface area contributed by atoms with Gasteiger partial charge in [-0.1, -0.05) is 36.4 Å². The number of carbonyl (C=O) groups is 1. The van der Waals surface area contributed by atoms with Crippen LogP contribution in [0.2, 0.25) is 0 Å². The summed E-state index contributed by atoms with van der Waals surface area (Å²) in [6.07, 6.45) is 4.60. The van der Waals surface area contributed by atoms with Crippen LogP contribution >= 0.6 is 0 Å². The molecule has 180 valence electrons. The molecule has 4 aromatic rings. The summed E-state index contributed by atoms with van der Waals surface area (Å²) in [7, 11) is -4.00. The number of rotatable bonds is 8. The monoisotopic (exact) mass is 501 g/mol. The first kappa shape index (κ1) is 24.2. The summed E-state index contributed by atoms with van der Waals surface area (Å²) in [6.45, 7) is 0. The lowest BCUT2D eigenvalue weighted by atomic mass is 10.2. The van der Waals surface area contributed by atoms with E-state index in [2.05, 4.69) is 20.0 Å². The molecule has 1 amide bonds. The molecule has 0 aliphatic rings. The Hall–Kier alpha value is -4.90. The van der Waals surface area contributed by atoms with Gasteiger partial charge in [0.25, 0.3) is 21.6 Å². The van der Waals surface area contributed by atoms with Gasteiger partial charge in [0.15, 0.2) is 0 Å². The van der Waals surface area contributed by atoms with E-state index in [9.17, 15) is 23.3 Å². The molecular formula is C25H19N5O5S. The number of anilines is 2. The number of non-ortho nitro benzene ring substituents is 1. The first-order valence-corrected chi connectivity index (χ1v) is 12.0. The van der Waals surface area contributed by atoms with Crippen LogP contribution in [0, 0.1) is 10.1 Å². The molecule has 36 heavy (non-hydrogen) atoms. The number of nitro groups is 1. The summed E-state index contributed by atoms with van der Waals surface area (Å²) in [4.78, 5) is 30.8. The zero-order valence-electron chi connectivity index (χ0n) is 18.6. The van der Waals surface area contributed by atoms with Crippen molar-refractivity contribution in [3.63, 3.8) is 0 Å². The number of nitrogens with one attached hydrogen (secondary N) is 2. The van der Waals surface area contributed by atoms with Crippen LogP contribution in [0.1, 0.15) is 21.6 Å². The summed E-state index contributed by atoms with van der Waals surface area (Å²) in [5.41, 5.74) is 1.86. The predicted octanol–water partition coefficient (Wildman–Crippen LogP) is 4.61. The Morgan fingerprint density at radius 1 is 0.917 bits per heavy atom. The topological polar surface area (TPSA) is 144 Å². The first-order valence-electron chi connectivity index (χ1n) is 10.5. The van der Waals surface area contributed by atoms with Crippen LogP contribution in [-0.4, -0.2) is 29.2 Å². The van der Waals surface area contributed by atoms with Crippen molar-refractivity contribution in [3.8, 4) is 0 Å². The summed E-state index contributed by atoms with van der Waals surface area (Å²) in [5, 5.41) is 13.6. The van der Waals surface area contributed by atoms with Gasteiger partial charge in [0.2, 0.25) is 5.95 Å². The van der Waals surface area contributed by atoms with Crippen molar-refractivity contribution in [2.75, 3.05) is 10.0 Å². The first-order chi connectivity index (χ1) is 17.3. The number of aromatic nitrogens is 2. The highest BCUT2D eigenvalue weighted by atomic mass is 32.2. The standard InChI is InChI=1S/C25H19N5O5S/c31-24(19-6-2-1-3-7-19)27-20-11-13-23(14-12-20)36(34,35)29-25-26-16-15-21(28-25)10-9-18-5-4-8-22(17-18)30(32)33/h1-17H,(H,27,31)(H,26,28,29)/b10-9+. The van der Waals surface area contributed by atoms with Crippen molar-refractivity contribution >= 4 is 45.4 Å². The number of nitrogens with zero attached hydrogens (tertiary/aromatic N) is 3. The molecule has 0 radical (unpaired) electrons. The van der Waals surface area contributed by atoms with E-state index in [1.807, 2.05) is 0 Å². The molecule has 0 bridgehead atoms. The van der Waals surface area contributed by atoms with E-state index in [0.29, 0.717) is 22.5 Å². The maximum atomic E-state index is 12.8. The van der Waals surface area contributed by atoms with Gasteiger partial charge in [0.1, 0.15) is 0 Å². The van der Waals surface area contributed by atoms with E-state index in [1.165, 1.54) is 42.6 Å². The fourth-order valence-electron chi connectivity index (χ4n) is 3.13. The Labute approximate surface area is 206 Å². The van der Waals surface area contributed by atoms with Gasteiger partial charge in [-0.2, -0.15) is 0 Å². The van der Waals surface area contributed by atoms with E-state index < -0.39 is 14.9 Å². The number of hydrogen-bond donors (Lipinski definition) is 2. The smallest absolute Gasteiger partial charge is 0.270 e. The quantitative estimate of drug-likeness (QED) is 0.265. The van der Waals surface area contributed by atoms with E-state index in [1.54, 1.807) is 60.7 Å². The molecule has 11 heteroatoms. The highest BCUT2D eigenvalue weighted by molar-refractivity contribution is 7.92. The van der Waals surface area contributed by atoms with Crippen molar-refractivity contribution in [3.05, 3.63) is 118 Å². The van der Waals surface area contributed by atoms with Crippen molar-refractivity contribution < 1.29 is 18.1 Å². The molecule has 10 nitrogen and oxygen atoms in total. The molecule has 1 aromatic heterocycles. The summed E-state index contributed by atoms with van der Waals surface area (Å²) >= 11 is 0. The largest absolute Gasteiger partial charge is 0.322 e. The molecule has 0 saturated carbocycles. The lowest BCUT2D eigenvalue weighted by Gasteiger charge is -2.09. The molecule has 0 aliphatic carbocycles. The van der Waals surface area contributed by atoms with Gasteiger partial charge >= 0.3 is 0 Å². The highest BCUT2D eigenvalue weighted by Gasteiger charge is 2.16. The molecule has 0 fully saturated rings. The van der Waals surface area contributed by atoms with E-state index >= 15 is 0 Å². The summed E-state index contributed by atoms with van der Waals surface area (Å²) in [5.74, 6) is -0.453. The molecule has 0 aliphatic heterocycles. The Bertz CT molecular complexity index is 1540. The van der Waals surface area contributed by atoms with Crippen LogP contribution in [0.5, 0.6) is 0 Å². The second-order valence-corrected chi connectivity index (χ2v) is 9.12. The van der Waals surface area contributed by atoms with Crippen LogP contribution in [0.15, 0.2) is 96.0 Å². The van der Waals surface area contributed by atoms with Gasteiger partial charge in [-0.3, -0.25) is 14.9 Å². The van der Waals surface area contributed by atoms with Gasteiger partial charge < -0.3 is 5.32 Å². The number of benzene rings is 3. The lowest BCUT2D eigenvalue weighted by molar-refractivity contribution is -0.384. The maximum absolute atomic E-state index is 12.8. The minimum atomic E-state index is -4.00. The second-order valence-electron chi connectivity index (χ2n) is 7.44. The lowest BCUT2D eigenvalue weighted by Crippen LogP contribution is -2.15. The average molecular weight is 502 g/mol. The van der Waals surface area contributed by atoms with Gasteiger partial charge in [-0.05, 0) is 54.1 Å². The third-order valence-electron chi connectivity index (χ3n) is 4.89. The fraction of sp³-hybridized carbons (Fsp3) is 0. The SMILES string of the molecule is O=C(Nc1ccc(S(=O)(=O)Nc2nccc(/C=C/c3cccc([N+](=O)[O-])c3)n2)cc1)c1ccccc1. The molecular weight excluding hydrogens is 482 g/mol. The molecule has 3 aromatic carbocycles. The molecule has 0 saturated heterocycles. The average Bonchev–Trinajstić information content (AvgIpc) is 2.88. The number of sulfonamides is 1. The predicted molar refractivity (Wildman–Crippen MR) is 136 cm³/mol. The van der Waals surface area contributed by atoms with E-state index in [0.717, 1.165) is 0 Å². The minimum absolute atomic E-state index is 0.0404. The third kappa shape index (κ3) is 6.15. The van der Waals surface area contributed by atoms with Crippen LogP contribution in [0.25, 0.3) is 12.2 Å². The van der Waals surface area contributed by atoms with Crippen LogP contribution in [0.4, 0.5) is 17.3 Å². The van der Waals surface area contributed by atoms with E-state index in [-0.39, 0.29) is 22.4 Å². The van der Waals surface area contributed by atoms with Crippen LogP contribution in [0.3, 0.4) is 0 Å². The van der Waals surface area contributed by atoms with Crippen molar-refractivity contribution in [1.29, 1.82) is 0 Å². The third-order valence-corrected chi connectivity index (χ3v) is 6.23. The number of carbonyl (C=O) groups excluding carboxylic acids is 1. The molecule has 4 rings (SSSR count). The Morgan fingerprint density at radius 3 is 2.39 bits per heavy atom. The fourth-order valence-corrected chi connectivity index (χ4v) is 4.08. The zero-order chi connectivity index (χ0) is 25.5. The Morgan fingerprint density at radius 2 is 1.67 bits per heavy atom. The van der Waals surface area contributed by atoms with Crippen molar-refractivity contribution in [2.45, 2.75) is 4.90 Å². The van der Waals surface area contributed by atoms with Gasteiger partial charge in [-0.25, -0.2) is 23.1 Å². The number of nitro benzene ring substituents is 1. The Balaban J connectivity index is 1.44. The van der Waals surface area contributed by atoms with Crippen LogP contribution in [-0.2, 0) is 10.0 Å². The van der Waals surface area contributed by atoms with Gasteiger partial charge in [0.05, 0.1) is 15.5 Å².